The van der Waals surface area contributed by atoms with E-state index in [1.807, 2.05) is 88.4 Å². The molecule has 0 aromatic heterocycles. The zero-order valence-electron chi connectivity index (χ0n) is 20.2. The van der Waals surface area contributed by atoms with Crippen molar-refractivity contribution in [3.63, 3.8) is 0 Å². The van der Waals surface area contributed by atoms with Crippen LogP contribution in [0.15, 0.2) is 60.7 Å². The Labute approximate surface area is 209 Å². The van der Waals surface area contributed by atoms with E-state index in [1.165, 1.54) is 16.7 Å². The first-order valence-electron chi connectivity index (χ1n) is 11.5. The van der Waals surface area contributed by atoms with E-state index >= 15 is 0 Å². The highest BCUT2D eigenvalue weighted by Gasteiger charge is 2.61. The Bertz CT molecular complexity index is 1350. The minimum absolute atomic E-state index is 0.126. The van der Waals surface area contributed by atoms with E-state index < -0.39 is 4.87 Å². The second-order valence-corrected chi connectivity index (χ2v) is 10.4. The van der Waals surface area contributed by atoms with Crippen LogP contribution in [0.1, 0.15) is 27.8 Å². The van der Waals surface area contributed by atoms with Gasteiger partial charge in [0.25, 0.3) is 5.91 Å². The maximum Gasteiger partial charge on any atom is 0.269 e. The van der Waals surface area contributed by atoms with E-state index in [1.54, 1.807) is 4.90 Å². The summed E-state index contributed by atoms with van der Waals surface area (Å²) in [5.41, 5.74) is 6.98. The standard InChI is InChI=1S/C28H27N3O3S/c1-17-9-11-21(12-10-17)31-25(33)16-35-28(31)22-7-5-6-8-23(22)30(27(28)34)15-24(32)29-26-19(3)13-18(2)14-20(26)4/h5-14H,15-16H2,1-4H3,(H,29,32). The molecule has 3 amide bonds. The van der Waals surface area contributed by atoms with Crippen molar-refractivity contribution in [3.8, 4) is 0 Å². The molecule has 0 saturated carbocycles. The third-order valence-corrected chi connectivity index (χ3v) is 7.99. The van der Waals surface area contributed by atoms with Crippen molar-refractivity contribution < 1.29 is 14.4 Å². The molecule has 1 spiro atoms. The van der Waals surface area contributed by atoms with E-state index in [4.69, 9.17) is 0 Å². The van der Waals surface area contributed by atoms with Gasteiger partial charge in [-0.05, 0) is 57.0 Å². The van der Waals surface area contributed by atoms with Crippen LogP contribution in [0.3, 0.4) is 0 Å². The molecule has 1 atom stereocenters. The lowest BCUT2D eigenvalue weighted by molar-refractivity contribution is -0.124. The summed E-state index contributed by atoms with van der Waals surface area (Å²) >= 11 is 1.31. The summed E-state index contributed by atoms with van der Waals surface area (Å²) in [5.74, 6) is -0.492. The maximum absolute atomic E-state index is 14.1. The van der Waals surface area contributed by atoms with Gasteiger partial charge in [-0.1, -0.05) is 53.6 Å². The first-order valence-corrected chi connectivity index (χ1v) is 12.5. The number of carbonyl (C=O) groups is 3. The first-order chi connectivity index (χ1) is 16.7. The predicted octanol–water partition coefficient (Wildman–Crippen LogP) is 4.84. The highest BCUT2D eigenvalue weighted by Crippen LogP contribution is 2.55. The van der Waals surface area contributed by atoms with E-state index in [9.17, 15) is 14.4 Å². The number of hydrogen-bond donors (Lipinski definition) is 1. The fourth-order valence-corrected chi connectivity index (χ4v) is 6.47. The van der Waals surface area contributed by atoms with Gasteiger partial charge in [-0.25, -0.2) is 0 Å². The lowest BCUT2D eigenvalue weighted by Gasteiger charge is -2.33. The monoisotopic (exact) mass is 485 g/mol. The van der Waals surface area contributed by atoms with Gasteiger partial charge in [-0.15, -0.1) is 11.8 Å². The summed E-state index contributed by atoms with van der Waals surface area (Å²) in [7, 11) is 0. The highest BCUT2D eigenvalue weighted by molar-refractivity contribution is 8.02. The number of nitrogens with zero attached hydrogens (tertiary/aromatic N) is 2. The molecule has 5 rings (SSSR count). The fourth-order valence-electron chi connectivity index (χ4n) is 5.11. The van der Waals surface area contributed by atoms with Crippen LogP contribution in [-0.2, 0) is 19.3 Å². The normalized spacial score (nSPS) is 19.0. The zero-order chi connectivity index (χ0) is 24.9. The summed E-state index contributed by atoms with van der Waals surface area (Å²) < 4.78 is 0. The number of rotatable bonds is 4. The van der Waals surface area contributed by atoms with Crippen molar-refractivity contribution in [1.82, 2.24) is 0 Å². The van der Waals surface area contributed by atoms with Gasteiger partial charge < -0.3 is 5.32 Å². The minimum Gasteiger partial charge on any atom is -0.324 e. The van der Waals surface area contributed by atoms with Gasteiger partial charge in [0.2, 0.25) is 16.7 Å². The lowest BCUT2D eigenvalue weighted by Crippen LogP contribution is -2.50. The fraction of sp³-hybridized carbons (Fsp3) is 0.250. The number of aryl methyl sites for hydroxylation is 4. The van der Waals surface area contributed by atoms with Gasteiger partial charge in [0.05, 0.1) is 11.4 Å². The molecular weight excluding hydrogens is 458 g/mol. The number of para-hydroxylation sites is 1. The second-order valence-electron chi connectivity index (χ2n) is 9.23. The Morgan fingerprint density at radius 2 is 1.60 bits per heavy atom. The van der Waals surface area contributed by atoms with E-state index in [0.29, 0.717) is 11.4 Å². The highest BCUT2D eigenvalue weighted by atomic mass is 32.2. The quantitative estimate of drug-likeness (QED) is 0.574. The van der Waals surface area contributed by atoms with E-state index in [2.05, 4.69) is 5.32 Å². The zero-order valence-corrected chi connectivity index (χ0v) is 21.0. The molecule has 1 N–H and O–H groups in total. The Kier molecular flexibility index (Phi) is 5.68. The molecule has 0 bridgehead atoms. The van der Waals surface area contributed by atoms with Crippen molar-refractivity contribution in [2.24, 2.45) is 0 Å². The first kappa shape index (κ1) is 23.2. The average Bonchev–Trinajstić information content (AvgIpc) is 3.28. The summed E-state index contributed by atoms with van der Waals surface area (Å²) in [6.45, 7) is 7.78. The topological polar surface area (TPSA) is 69.7 Å². The number of carbonyl (C=O) groups excluding carboxylic acids is 3. The Balaban J connectivity index is 1.51. The molecule has 178 valence electrons. The Hall–Kier alpha value is -3.58. The van der Waals surface area contributed by atoms with Crippen molar-refractivity contribution >= 4 is 46.5 Å². The molecule has 0 radical (unpaired) electrons. The van der Waals surface area contributed by atoms with Crippen LogP contribution in [-0.4, -0.2) is 30.0 Å². The molecule has 2 aliphatic heterocycles. The van der Waals surface area contributed by atoms with Gasteiger partial charge in [0.1, 0.15) is 6.54 Å². The molecule has 1 unspecified atom stereocenters. The lowest BCUT2D eigenvalue weighted by atomic mass is 10.0. The van der Waals surface area contributed by atoms with Crippen LogP contribution in [0.5, 0.6) is 0 Å². The molecule has 3 aromatic carbocycles. The summed E-state index contributed by atoms with van der Waals surface area (Å²) in [6, 6.07) is 19.1. The average molecular weight is 486 g/mol. The van der Waals surface area contributed by atoms with Crippen molar-refractivity contribution in [3.05, 3.63) is 88.5 Å². The molecule has 1 saturated heterocycles. The number of thioether (sulfide) groups is 1. The summed E-state index contributed by atoms with van der Waals surface area (Å²) in [4.78, 5) is 42.3. The largest absolute Gasteiger partial charge is 0.324 e. The molecule has 6 nitrogen and oxygen atoms in total. The molecule has 2 heterocycles. The smallest absolute Gasteiger partial charge is 0.269 e. The molecule has 3 aromatic rings. The van der Waals surface area contributed by atoms with Gasteiger partial charge in [0, 0.05) is 16.9 Å². The predicted molar refractivity (Wildman–Crippen MR) is 141 cm³/mol. The molecule has 0 aliphatic carbocycles. The van der Waals surface area contributed by atoms with Crippen LogP contribution in [0.4, 0.5) is 17.1 Å². The van der Waals surface area contributed by atoms with E-state index in [-0.39, 0.29) is 30.0 Å². The third kappa shape index (κ3) is 3.71. The van der Waals surface area contributed by atoms with Crippen LogP contribution in [0.2, 0.25) is 0 Å². The molecule has 35 heavy (non-hydrogen) atoms. The van der Waals surface area contributed by atoms with Crippen molar-refractivity contribution in [2.75, 3.05) is 27.4 Å². The number of fused-ring (bicyclic) bond motifs is 2. The number of anilines is 3. The minimum atomic E-state index is -1.22. The van der Waals surface area contributed by atoms with Crippen LogP contribution < -0.4 is 15.1 Å². The molecule has 7 heteroatoms. The number of hydrogen-bond acceptors (Lipinski definition) is 4. The Morgan fingerprint density at radius 3 is 2.29 bits per heavy atom. The maximum atomic E-state index is 14.1. The number of nitrogens with one attached hydrogen (secondary N) is 1. The van der Waals surface area contributed by atoms with Crippen LogP contribution in [0, 0.1) is 27.7 Å². The summed E-state index contributed by atoms with van der Waals surface area (Å²) in [6.07, 6.45) is 0. The SMILES string of the molecule is Cc1ccc(N2C(=O)CSC23C(=O)N(CC(=O)Nc2c(C)cc(C)cc2C)c2ccccc23)cc1. The molecule has 2 aliphatic rings. The van der Waals surface area contributed by atoms with Crippen molar-refractivity contribution in [2.45, 2.75) is 32.6 Å². The van der Waals surface area contributed by atoms with Gasteiger partial charge >= 0.3 is 0 Å². The third-order valence-electron chi connectivity index (χ3n) is 6.60. The van der Waals surface area contributed by atoms with Crippen LogP contribution in [0.25, 0.3) is 0 Å². The van der Waals surface area contributed by atoms with Crippen LogP contribution >= 0.6 is 11.8 Å². The molecular formula is C28H27N3O3S. The number of amides is 3. The molecule has 1 fully saturated rings. The second kappa shape index (κ2) is 8.57. The van der Waals surface area contributed by atoms with Gasteiger partial charge in [0.15, 0.2) is 0 Å². The van der Waals surface area contributed by atoms with Crippen molar-refractivity contribution in [1.29, 1.82) is 0 Å². The summed E-state index contributed by atoms with van der Waals surface area (Å²) in [5, 5.41) is 3.00. The van der Waals surface area contributed by atoms with Gasteiger partial charge in [-0.3, -0.25) is 24.2 Å². The number of benzene rings is 3. The Morgan fingerprint density at radius 1 is 0.943 bits per heavy atom. The van der Waals surface area contributed by atoms with E-state index in [0.717, 1.165) is 33.5 Å². The van der Waals surface area contributed by atoms with Gasteiger partial charge in [-0.2, -0.15) is 0 Å².